The van der Waals surface area contributed by atoms with E-state index in [4.69, 9.17) is 15.6 Å². The lowest BCUT2D eigenvalue weighted by Gasteiger charge is -2.25. The quantitative estimate of drug-likeness (QED) is 0.284. The summed E-state index contributed by atoms with van der Waals surface area (Å²) in [7, 11) is 1.81. The maximum atomic E-state index is 5.69. The largest absolute Gasteiger partial charge is 0.379 e. The number of nitrogens with two attached hydrogens (primary N) is 1. The van der Waals surface area contributed by atoms with Gasteiger partial charge in [0.05, 0.1) is 25.5 Å². The van der Waals surface area contributed by atoms with Crippen molar-refractivity contribution < 1.29 is 4.74 Å². The molecule has 0 radical (unpaired) electrons. The number of rotatable bonds is 7. The minimum Gasteiger partial charge on any atom is -0.379 e. The van der Waals surface area contributed by atoms with Gasteiger partial charge < -0.3 is 15.1 Å². The highest BCUT2D eigenvalue weighted by atomic mass is 16.5. The van der Waals surface area contributed by atoms with Gasteiger partial charge in [0.25, 0.3) is 0 Å². The van der Waals surface area contributed by atoms with Crippen LogP contribution in [0.3, 0.4) is 0 Å². The molecule has 0 aliphatic carbocycles. The van der Waals surface area contributed by atoms with Gasteiger partial charge in [0.15, 0.2) is 0 Å². The van der Waals surface area contributed by atoms with Crippen LogP contribution in [0.1, 0.15) is 54.4 Å². The van der Waals surface area contributed by atoms with Crippen molar-refractivity contribution in [2.75, 3.05) is 46.4 Å². The summed E-state index contributed by atoms with van der Waals surface area (Å²) in [5, 5.41) is 4.82. The van der Waals surface area contributed by atoms with Crippen LogP contribution in [0.25, 0.3) is 0 Å². The highest BCUT2D eigenvalue weighted by molar-refractivity contribution is 6.42. The van der Waals surface area contributed by atoms with Crippen molar-refractivity contribution in [1.29, 1.82) is 0 Å². The number of hydrogen-bond donors (Lipinski definition) is 2. The summed E-state index contributed by atoms with van der Waals surface area (Å²) in [6, 6.07) is 0. The van der Waals surface area contributed by atoms with E-state index < -0.39 is 0 Å². The first kappa shape index (κ1) is 28.0. The molecule has 0 aromatic carbocycles. The monoisotopic (exact) mass is 420 g/mol. The van der Waals surface area contributed by atoms with E-state index in [1.807, 2.05) is 59.4 Å². The second-order valence-corrected chi connectivity index (χ2v) is 6.92. The average molecular weight is 421 g/mol. The van der Waals surface area contributed by atoms with Gasteiger partial charge in [-0.2, -0.15) is 0 Å². The third-order valence-electron chi connectivity index (χ3n) is 4.09. The molecule has 30 heavy (non-hydrogen) atoms. The SMILES string of the molecule is C/C=C\NC(=NCCN1CCOCC1)C1=NC=C(/C(C)=C/N(C)N)C1.CC.CCC. The summed E-state index contributed by atoms with van der Waals surface area (Å²) in [4.78, 5) is 11.7. The lowest BCUT2D eigenvalue weighted by atomic mass is 10.0. The summed E-state index contributed by atoms with van der Waals surface area (Å²) in [5.41, 5.74) is 3.24. The number of nitrogens with zero attached hydrogens (tertiary/aromatic N) is 4. The van der Waals surface area contributed by atoms with E-state index in [1.54, 1.807) is 5.01 Å². The lowest BCUT2D eigenvalue weighted by molar-refractivity contribution is 0.0394. The molecule has 3 N–H and O–H groups in total. The first-order valence-corrected chi connectivity index (χ1v) is 11.2. The topological polar surface area (TPSA) is 78.5 Å². The Balaban J connectivity index is 0.00000154. The molecule has 0 aromatic rings. The van der Waals surface area contributed by atoms with Gasteiger partial charge in [-0.3, -0.25) is 14.9 Å². The number of ether oxygens (including phenoxy) is 1. The van der Waals surface area contributed by atoms with Gasteiger partial charge in [-0.1, -0.05) is 40.2 Å². The van der Waals surface area contributed by atoms with Crippen molar-refractivity contribution in [3.8, 4) is 0 Å². The summed E-state index contributed by atoms with van der Waals surface area (Å²) in [6.45, 7) is 17.5. The van der Waals surface area contributed by atoms with Gasteiger partial charge in [-0.05, 0) is 31.2 Å². The van der Waals surface area contributed by atoms with E-state index in [0.29, 0.717) is 0 Å². The van der Waals surface area contributed by atoms with Crippen molar-refractivity contribution in [2.45, 2.75) is 54.4 Å². The zero-order chi connectivity index (χ0) is 22.8. The Bertz CT molecular complexity index is 599. The zero-order valence-corrected chi connectivity index (χ0v) is 20.2. The van der Waals surface area contributed by atoms with E-state index >= 15 is 0 Å². The molecule has 0 atom stereocenters. The van der Waals surface area contributed by atoms with Crippen LogP contribution in [-0.2, 0) is 4.74 Å². The fourth-order valence-corrected chi connectivity index (χ4v) is 2.71. The molecule has 2 rings (SSSR count). The van der Waals surface area contributed by atoms with E-state index in [1.165, 1.54) is 6.42 Å². The standard InChI is InChI=1S/C18H30N6O.C3H8.C2H6/c1-4-5-20-18(21-6-7-24-8-10-25-11-9-24)17-12-16(13-22-17)15(2)14-23(3)19;1-3-2;1-2/h4-5,13-14H,6-12,19H2,1-3H3,(H,20,21);3H2,1-2H3;1-2H3/b5-4-,15-14+;;. The molecule has 0 aromatic heterocycles. The molecule has 1 fully saturated rings. The number of nitrogens with one attached hydrogen (secondary N) is 1. The molecule has 0 unspecified atom stereocenters. The first-order chi connectivity index (χ1) is 14.5. The smallest absolute Gasteiger partial charge is 0.147 e. The summed E-state index contributed by atoms with van der Waals surface area (Å²) in [5.74, 6) is 6.53. The van der Waals surface area contributed by atoms with Crippen molar-refractivity contribution in [1.82, 2.24) is 15.2 Å². The van der Waals surface area contributed by atoms with Gasteiger partial charge in [0.1, 0.15) is 5.84 Å². The Morgan fingerprint density at radius 3 is 2.53 bits per heavy atom. The van der Waals surface area contributed by atoms with Gasteiger partial charge in [-0.15, -0.1) is 0 Å². The van der Waals surface area contributed by atoms with Crippen LogP contribution in [0.5, 0.6) is 0 Å². The van der Waals surface area contributed by atoms with Crippen LogP contribution >= 0.6 is 0 Å². The number of aliphatic imine (C=N–C) groups is 2. The summed E-state index contributed by atoms with van der Waals surface area (Å²) >= 11 is 0. The number of hydrazine groups is 1. The summed E-state index contributed by atoms with van der Waals surface area (Å²) < 4.78 is 5.38. The van der Waals surface area contributed by atoms with Crippen LogP contribution in [0.2, 0.25) is 0 Å². The van der Waals surface area contributed by atoms with Crippen LogP contribution in [0, 0.1) is 0 Å². The first-order valence-electron chi connectivity index (χ1n) is 11.2. The molecule has 2 heterocycles. The second-order valence-electron chi connectivity index (χ2n) is 6.92. The number of hydrogen-bond acceptors (Lipinski definition) is 6. The van der Waals surface area contributed by atoms with Crippen LogP contribution in [0.15, 0.2) is 45.8 Å². The maximum Gasteiger partial charge on any atom is 0.147 e. The third kappa shape index (κ3) is 11.9. The van der Waals surface area contributed by atoms with Crippen molar-refractivity contribution in [2.24, 2.45) is 15.8 Å². The maximum absolute atomic E-state index is 5.69. The van der Waals surface area contributed by atoms with Crippen molar-refractivity contribution in [3.63, 3.8) is 0 Å². The van der Waals surface area contributed by atoms with E-state index in [2.05, 4.69) is 29.1 Å². The molecule has 2 aliphatic rings. The number of allylic oxidation sites excluding steroid dienone is 3. The normalized spacial score (nSPS) is 17.5. The molecule has 0 saturated carbocycles. The Morgan fingerprint density at radius 1 is 1.33 bits per heavy atom. The zero-order valence-electron chi connectivity index (χ0n) is 20.2. The fourth-order valence-electron chi connectivity index (χ4n) is 2.71. The Kier molecular flexibility index (Phi) is 16.7. The van der Waals surface area contributed by atoms with E-state index in [0.717, 1.165) is 68.5 Å². The molecule has 2 aliphatic heterocycles. The van der Waals surface area contributed by atoms with Crippen LogP contribution < -0.4 is 11.2 Å². The molecule has 0 spiro atoms. The predicted molar refractivity (Wildman–Crippen MR) is 131 cm³/mol. The molecule has 1 saturated heterocycles. The van der Waals surface area contributed by atoms with Gasteiger partial charge >= 0.3 is 0 Å². The van der Waals surface area contributed by atoms with Crippen LogP contribution in [-0.4, -0.2) is 67.9 Å². The number of amidine groups is 1. The summed E-state index contributed by atoms with van der Waals surface area (Å²) in [6.07, 6.45) is 9.66. The minimum absolute atomic E-state index is 0.745. The predicted octanol–water partition coefficient (Wildman–Crippen LogP) is 3.72. The van der Waals surface area contributed by atoms with E-state index in [9.17, 15) is 0 Å². The molecule has 7 heteroatoms. The average Bonchev–Trinajstić information content (AvgIpc) is 3.23. The Labute approximate surface area is 184 Å². The third-order valence-corrected chi connectivity index (χ3v) is 4.09. The molecule has 172 valence electrons. The van der Waals surface area contributed by atoms with Crippen LogP contribution in [0.4, 0.5) is 0 Å². The van der Waals surface area contributed by atoms with Crippen molar-refractivity contribution in [3.05, 3.63) is 35.8 Å². The van der Waals surface area contributed by atoms with Gasteiger partial charge in [0.2, 0.25) is 0 Å². The van der Waals surface area contributed by atoms with E-state index in [-0.39, 0.29) is 0 Å². The molecule has 7 nitrogen and oxygen atoms in total. The molecule has 0 bridgehead atoms. The highest BCUT2D eigenvalue weighted by Crippen LogP contribution is 2.20. The highest BCUT2D eigenvalue weighted by Gasteiger charge is 2.17. The van der Waals surface area contributed by atoms with Gasteiger partial charge in [-0.25, -0.2) is 5.84 Å². The molecular formula is C23H44N6O. The van der Waals surface area contributed by atoms with Crippen molar-refractivity contribution >= 4 is 11.5 Å². The van der Waals surface area contributed by atoms with Gasteiger partial charge in [0, 0.05) is 45.5 Å². The fraction of sp³-hybridized carbons (Fsp3) is 0.652. The molecule has 0 amide bonds. The minimum atomic E-state index is 0.745. The molecular weight excluding hydrogens is 376 g/mol. The second kappa shape index (κ2) is 17.9. The Hall–Kier alpha value is -1.96. The lowest BCUT2D eigenvalue weighted by Crippen LogP contribution is -2.38. The number of morpholine rings is 1. The Morgan fingerprint density at radius 2 is 1.97 bits per heavy atom.